The van der Waals surface area contributed by atoms with Crippen LogP contribution in [-0.2, 0) is 12.1 Å². The molecule has 18 heavy (non-hydrogen) atoms. The van der Waals surface area contributed by atoms with Gasteiger partial charge in [0, 0.05) is 30.6 Å². The van der Waals surface area contributed by atoms with Gasteiger partial charge in [-0.25, -0.2) is 0 Å². The van der Waals surface area contributed by atoms with Crippen molar-refractivity contribution in [2.75, 3.05) is 18.6 Å². The molecule has 0 aromatic carbocycles. The Morgan fingerprint density at radius 3 is 2.56 bits per heavy atom. The van der Waals surface area contributed by atoms with E-state index in [2.05, 4.69) is 37.4 Å². The van der Waals surface area contributed by atoms with Crippen molar-refractivity contribution in [1.82, 2.24) is 15.1 Å². The third-order valence-electron chi connectivity index (χ3n) is 2.61. The zero-order valence-corrected chi connectivity index (χ0v) is 12.8. The number of hydrogen-bond donors (Lipinski definition) is 2. The Hall–Kier alpha value is -0.520. The van der Waals surface area contributed by atoms with Crippen LogP contribution >= 0.6 is 11.8 Å². The summed E-state index contributed by atoms with van der Waals surface area (Å²) in [5.41, 5.74) is 0.507. The minimum absolute atomic E-state index is 0.0165. The fourth-order valence-corrected chi connectivity index (χ4v) is 2.38. The number of nitrogens with one attached hydrogen (secondary N) is 1. The normalized spacial score (nSPS) is 15.7. The first-order chi connectivity index (χ1) is 8.24. The fourth-order valence-electron chi connectivity index (χ4n) is 1.66. The molecule has 2 N–H and O–H groups in total. The lowest BCUT2D eigenvalue weighted by molar-refractivity contribution is 0.0846. The summed E-state index contributed by atoms with van der Waals surface area (Å²) >= 11 is 1.66. The van der Waals surface area contributed by atoms with E-state index < -0.39 is 5.60 Å². The highest BCUT2D eigenvalue weighted by molar-refractivity contribution is 7.98. The monoisotopic (exact) mass is 271 g/mol. The summed E-state index contributed by atoms with van der Waals surface area (Å²) in [5.74, 6) is 0.737. The lowest BCUT2D eigenvalue weighted by Gasteiger charge is -2.22. The van der Waals surface area contributed by atoms with Crippen LogP contribution in [0.4, 0.5) is 0 Å². The summed E-state index contributed by atoms with van der Waals surface area (Å²) in [6.45, 7) is 9.56. The summed E-state index contributed by atoms with van der Waals surface area (Å²) < 4.78 is 1.96. The van der Waals surface area contributed by atoms with Gasteiger partial charge in [0.15, 0.2) is 0 Å². The number of rotatable bonds is 6. The van der Waals surface area contributed by atoms with E-state index in [1.54, 1.807) is 11.8 Å². The number of nitrogens with zero attached hydrogens (tertiary/aromatic N) is 2. The van der Waals surface area contributed by atoms with Crippen LogP contribution in [0.3, 0.4) is 0 Å². The zero-order chi connectivity index (χ0) is 13.8. The minimum atomic E-state index is -0.653. The summed E-state index contributed by atoms with van der Waals surface area (Å²) in [7, 11) is 0. The molecule has 1 aromatic rings. The topological polar surface area (TPSA) is 50.1 Å². The third kappa shape index (κ3) is 5.00. The molecular weight excluding hydrogens is 246 g/mol. The molecular formula is C13H25N3OS. The van der Waals surface area contributed by atoms with Crippen LogP contribution in [0.15, 0.2) is 12.4 Å². The van der Waals surface area contributed by atoms with Crippen LogP contribution in [0.5, 0.6) is 0 Å². The Kier molecular flexibility index (Phi) is 5.25. The highest BCUT2D eigenvalue weighted by Crippen LogP contribution is 2.13. The van der Waals surface area contributed by atoms with Crippen molar-refractivity contribution < 1.29 is 5.11 Å². The van der Waals surface area contributed by atoms with E-state index in [9.17, 15) is 5.11 Å². The highest BCUT2D eigenvalue weighted by atomic mass is 32.2. The molecule has 1 atom stereocenters. The summed E-state index contributed by atoms with van der Waals surface area (Å²) in [6, 6.07) is 0. The van der Waals surface area contributed by atoms with Gasteiger partial charge in [0.2, 0.25) is 0 Å². The predicted molar refractivity (Wildman–Crippen MR) is 77.9 cm³/mol. The molecule has 1 heterocycles. The maximum atomic E-state index is 10.0. The van der Waals surface area contributed by atoms with Gasteiger partial charge in [-0.15, -0.1) is 0 Å². The lowest BCUT2D eigenvalue weighted by atomic mass is 10.1. The van der Waals surface area contributed by atoms with E-state index in [0.29, 0.717) is 6.54 Å². The van der Waals surface area contributed by atoms with Gasteiger partial charge < -0.3 is 10.4 Å². The van der Waals surface area contributed by atoms with E-state index in [1.807, 2.05) is 24.1 Å². The molecule has 5 heteroatoms. The summed E-state index contributed by atoms with van der Waals surface area (Å²) in [6.07, 6.45) is 5.93. The van der Waals surface area contributed by atoms with Gasteiger partial charge in [0.1, 0.15) is 0 Å². The average Bonchev–Trinajstić information content (AvgIpc) is 2.65. The Bertz CT molecular complexity index is 369. The predicted octanol–water partition coefficient (Wildman–Crippen LogP) is 1.84. The van der Waals surface area contributed by atoms with Crippen molar-refractivity contribution in [2.24, 2.45) is 0 Å². The second-order valence-corrected chi connectivity index (χ2v) is 6.86. The number of thioether (sulfide) groups is 1. The molecule has 0 spiro atoms. The average molecular weight is 271 g/mol. The first kappa shape index (κ1) is 15.5. The number of aliphatic hydroxyl groups is 1. The fraction of sp³-hybridized carbons (Fsp3) is 0.769. The van der Waals surface area contributed by atoms with Crippen LogP contribution < -0.4 is 5.32 Å². The van der Waals surface area contributed by atoms with Crippen molar-refractivity contribution >= 4 is 11.8 Å². The van der Waals surface area contributed by atoms with Crippen molar-refractivity contribution in [2.45, 2.75) is 45.4 Å². The third-order valence-corrected chi connectivity index (χ3v) is 3.52. The highest BCUT2D eigenvalue weighted by Gasteiger charge is 2.19. The first-order valence-corrected chi connectivity index (χ1v) is 7.60. The van der Waals surface area contributed by atoms with Gasteiger partial charge in [-0.2, -0.15) is 16.9 Å². The molecule has 0 amide bonds. The Morgan fingerprint density at radius 2 is 2.06 bits per heavy atom. The van der Waals surface area contributed by atoms with Crippen LogP contribution in [-0.4, -0.2) is 39.0 Å². The zero-order valence-electron chi connectivity index (χ0n) is 12.0. The molecule has 0 aliphatic rings. The largest absolute Gasteiger partial charge is 0.388 e. The Balaban J connectivity index is 2.43. The summed E-state index contributed by atoms with van der Waals surface area (Å²) in [5, 5.41) is 17.6. The van der Waals surface area contributed by atoms with Crippen molar-refractivity contribution in [3.63, 3.8) is 0 Å². The van der Waals surface area contributed by atoms with E-state index in [1.165, 1.54) is 0 Å². The SMILES string of the molecule is CSCC(C)(O)CNCc1cnn(C(C)(C)C)c1. The molecule has 1 unspecified atom stereocenters. The van der Waals surface area contributed by atoms with Gasteiger partial charge in [-0.3, -0.25) is 4.68 Å². The lowest BCUT2D eigenvalue weighted by Crippen LogP contribution is -2.39. The van der Waals surface area contributed by atoms with Crippen LogP contribution in [0.1, 0.15) is 33.3 Å². The summed E-state index contributed by atoms with van der Waals surface area (Å²) in [4.78, 5) is 0. The molecule has 0 radical (unpaired) electrons. The molecule has 1 rings (SSSR count). The van der Waals surface area contributed by atoms with Gasteiger partial charge in [-0.05, 0) is 34.0 Å². The maximum absolute atomic E-state index is 10.0. The quantitative estimate of drug-likeness (QED) is 0.829. The standard InChI is InChI=1S/C13H25N3OS/c1-12(2,3)16-8-11(7-15-16)6-14-9-13(4,17)10-18-5/h7-8,14,17H,6,9-10H2,1-5H3. The number of aromatic nitrogens is 2. The first-order valence-electron chi connectivity index (χ1n) is 6.21. The molecule has 1 aromatic heterocycles. The minimum Gasteiger partial charge on any atom is -0.388 e. The molecule has 0 fully saturated rings. The molecule has 0 saturated carbocycles. The Labute approximate surface area is 114 Å². The second kappa shape index (κ2) is 6.08. The molecule has 0 aliphatic heterocycles. The Morgan fingerprint density at radius 1 is 1.39 bits per heavy atom. The smallest absolute Gasteiger partial charge is 0.0833 e. The van der Waals surface area contributed by atoms with E-state index in [-0.39, 0.29) is 5.54 Å². The van der Waals surface area contributed by atoms with Gasteiger partial charge in [-0.1, -0.05) is 0 Å². The van der Waals surface area contributed by atoms with E-state index >= 15 is 0 Å². The van der Waals surface area contributed by atoms with Crippen molar-refractivity contribution in [3.8, 4) is 0 Å². The van der Waals surface area contributed by atoms with E-state index in [4.69, 9.17) is 0 Å². The van der Waals surface area contributed by atoms with Crippen LogP contribution in [0, 0.1) is 0 Å². The molecule has 0 bridgehead atoms. The van der Waals surface area contributed by atoms with Crippen molar-refractivity contribution in [3.05, 3.63) is 18.0 Å². The van der Waals surface area contributed by atoms with Crippen LogP contribution in [0.2, 0.25) is 0 Å². The number of hydrogen-bond acceptors (Lipinski definition) is 4. The van der Waals surface area contributed by atoms with Gasteiger partial charge >= 0.3 is 0 Å². The van der Waals surface area contributed by atoms with Crippen molar-refractivity contribution in [1.29, 1.82) is 0 Å². The van der Waals surface area contributed by atoms with E-state index in [0.717, 1.165) is 17.9 Å². The van der Waals surface area contributed by atoms with Gasteiger partial charge in [0.05, 0.1) is 17.3 Å². The molecule has 4 nitrogen and oxygen atoms in total. The van der Waals surface area contributed by atoms with Crippen LogP contribution in [0.25, 0.3) is 0 Å². The second-order valence-electron chi connectivity index (χ2n) is 6.00. The molecule has 104 valence electrons. The van der Waals surface area contributed by atoms with Gasteiger partial charge in [0.25, 0.3) is 0 Å². The maximum Gasteiger partial charge on any atom is 0.0833 e. The molecule has 0 saturated heterocycles. The molecule has 0 aliphatic carbocycles.